The van der Waals surface area contributed by atoms with Gasteiger partial charge in [0.2, 0.25) is 0 Å². The third kappa shape index (κ3) is 4.46. The van der Waals surface area contributed by atoms with Crippen LogP contribution >= 0.6 is 0 Å². The van der Waals surface area contributed by atoms with E-state index in [0.717, 1.165) is 61.6 Å². The Morgan fingerprint density at radius 2 is 1.86 bits per heavy atom. The van der Waals surface area contributed by atoms with Gasteiger partial charge in [0.15, 0.2) is 0 Å². The van der Waals surface area contributed by atoms with Gasteiger partial charge in [-0.1, -0.05) is 12.1 Å². The fourth-order valence-corrected chi connectivity index (χ4v) is 3.74. The number of pyridine rings is 1. The zero-order valence-corrected chi connectivity index (χ0v) is 16.5. The van der Waals surface area contributed by atoms with Crippen molar-refractivity contribution in [2.45, 2.75) is 13.0 Å². The van der Waals surface area contributed by atoms with Gasteiger partial charge in [-0.2, -0.15) is 0 Å². The minimum atomic E-state index is -0.375. The SMILES string of the molecule is COc1ccc(CN2CCCN(c3ccc4cc([N+](=O)[O-])ccc4n3)CC2)cc1. The third-order valence-electron chi connectivity index (χ3n) is 5.35. The summed E-state index contributed by atoms with van der Waals surface area (Å²) in [5.41, 5.74) is 2.16. The van der Waals surface area contributed by atoms with E-state index in [1.807, 2.05) is 24.3 Å². The molecular weight excluding hydrogens is 368 g/mol. The van der Waals surface area contributed by atoms with Gasteiger partial charge in [-0.15, -0.1) is 0 Å². The van der Waals surface area contributed by atoms with Crippen LogP contribution in [-0.4, -0.2) is 48.1 Å². The Labute approximate surface area is 169 Å². The fourth-order valence-electron chi connectivity index (χ4n) is 3.74. The summed E-state index contributed by atoms with van der Waals surface area (Å²) in [5.74, 6) is 1.81. The number of rotatable bonds is 5. The lowest BCUT2D eigenvalue weighted by Gasteiger charge is -2.23. The second kappa shape index (κ2) is 8.45. The van der Waals surface area contributed by atoms with Crippen molar-refractivity contribution in [3.8, 4) is 5.75 Å². The first kappa shape index (κ1) is 19.1. The van der Waals surface area contributed by atoms with Crippen molar-refractivity contribution in [1.29, 1.82) is 0 Å². The first-order valence-electron chi connectivity index (χ1n) is 9.78. The van der Waals surface area contributed by atoms with Crippen LogP contribution in [0, 0.1) is 10.1 Å². The maximum absolute atomic E-state index is 11.0. The molecule has 1 aliphatic heterocycles. The standard InChI is InChI=1S/C22H24N4O3/c1-29-20-7-3-17(4-8-20)16-24-11-2-12-25(14-13-24)22-10-5-18-15-19(26(27)28)6-9-21(18)23-22/h3-10,15H,2,11-14,16H2,1H3. The number of anilines is 1. The summed E-state index contributed by atoms with van der Waals surface area (Å²) in [6.07, 6.45) is 1.07. The number of nitro benzene ring substituents is 1. The van der Waals surface area contributed by atoms with Gasteiger partial charge in [-0.05, 0) is 42.3 Å². The first-order valence-corrected chi connectivity index (χ1v) is 9.78. The van der Waals surface area contributed by atoms with Crippen LogP contribution in [0.4, 0.5) is 11.5 Å². The molecule has 7 heteroatoms. The van der Waals surface area contributed by atoms with Crippen LogP contribution in [0.3, 0.4) is 0 Å². The molecule has 0 bridgehead atoms. The van der Waals surface area contributed by atoms with E-state index in [4.69, 9.17) is 9.72 Å². The van der Waals surface area contributed by atoms with Crippen molar-refractivity contribution in [3.05, 3.63) is 70.3 Å². The summed E-state index contributed by atoms with van der Waals surface area (Å²) < 4.78 is 5.23. The molecule has 1 fully saturated rings. The summed E-state index contributed by atoms with van der Waals surface area (Å²) in [6, 6.07) is 16.9. The number of ether oxygens (including phenoxy) is 1. The molecule has 0 spiro atoms. The number of nitro groups is 1. The van der Waals surface area contributed by atoms with Gasteiger partial charge in [-0.3, -0.25) is 15.0 Å². The van der Waals surface area contributed by atoms with Crippen molar-refractivity contribution >= 4 is 22.4 Å². The Kier molecular flexibility index (Phi) is 5.57. The molecule has 1 aliphatic rings. The van der Waals surface area contributed by atoms with E-state index < -0.39 is 0 Å². The first-order chi connectivity index (χ1) is 14.1. The molecule has 1 aromatic heterocycles. The molecule has 0 atom stereocenters. The molecule has 1 saturated heterocycles. The van der Waals surface area contributed by atoms with E-state index in [1.165, 1.54) is 11.6 Å². The predicted molar refractivity (Wildman–Crippen MR) is 113 cm³/mol. The minimum absolute atomic E-state index is 0.0935. The zero-order valence-electron chi connectivity index (χ0n) is 16.5. The molecule has 0 saturated carbocycles. The van der Waals surface area contributed by atoms with Crippen molar-refractivity contribution in [2.24, 2.45) is 0 Å². The Balaban J connectivity index is 1.43. The second-order valence-corrected chi connectivity index (χ2v) is 7.27. The molecule has 2 heterocycles. The van der Waals surface area contributed by atoms with Crippen molar-refractivity contribution < 1.29 is 9.66 Å². The molecule has 3 aromatic rings. The van der Waals surface area contributed by atoms with E-state index in [0.29, 0.717) is 0 Å². The zero-order chi connectivity index (χ0) is 20.2. The summed E-state index contributed by atoms with van der Waals surface area (Å²) >= 11 is 0. The lowest BCUT2D eigenvalue weighted by Crippen LogP contribution is -2.30. The average Bonchev–Trinajstić information content (AvgIpc) is 2.99. The maximum Gasteiger partial charge on any atom is 0.270 e. The highest BCUT2D eigenvalue weighted by Crippen LogP contribution is 2.23. The number of methoxy groups -OCH3 is 1. The summed E-state index contributed by atoms with van der Waals surface area (Å²) in [6.45, 7) is 4.78. The Hall–Kier alpha value is -3.19. The predicted octanol–water partition coefficient (Wildman–Crippen LogP) is 3.86. The minimum Gasteiger partial charge on any atom is -0.497 e. The molecule has 2 aromatic carbocycles. The van der Waals surface area contributed by atoms with Crippen LogP contribution in [0.15, 0.2) is 54.6 Å². The van der Waals surface area contributed by atoms with Crippen molar-refractivity contribution in [3.63, 3.8) is 0 Å². The van der Waals surface area contributed by atoms with Gasteiger partial charge < -0.3 is 9.64 Å². The smallest absolute Gasteiger partial charge is 0.270 e. The molecule has 4 rings (SSSR count). The van der Waals surface area contributed by atoms with Gasteiger partial charge >= 0.3 is 0 Å². The van der Waals surface area contributed by atoms with Crippen LogP contribution in [0.5, 0.6) is 5.75 Å². The molecule has 29 heavy (non-hydrogen) atoms. The van der Waals surface area contributed by atoms with Crippen LogP contribution in [0.1, 0.15) is 12.0 Å². The van der Waals surface area contributed by atoms with Crippen LogP contribution in [0.25, 0.3) is 10.9 Å². The van der Waals surface area contributed by atoms with Gasteiger partial charge in [0.25, 0.3) is 5.69 Å². The van der Waals surface area contributed by atoms with Crippen molar-refractivity contribution in [2.75, 3.05) is 38.2 Å². The number of fused-ring (bicyclic) bond motifs is 1. The van der Waals surface area contributed by atoms with Gasteiger partial charge in [0.05, 0.1) is 17.5 Å². The van der Waals surface area contributed by atoms with E-state index >= 15 is 0 Å². The van der Waals surface area contributed by atoms with Crippen LogP contribution in [0.2, 0.25) is 0 Å². The number of non-ortho nitro benzene ring substituents is 1. The van der Waals surface area contributed by atoms with E-state index in [2.05, 4.69) is 21.9 Å². The van der Waals surface area contributed by atoms with Crippen molar-refractivity contribution in [1.82, 2.24) is 9.88 Å². The van der Waals surface area contributed by atoms with E-state index in [-0.39, 0.29) is 10.6 Å². The van der Waals surface area contributed by atoms with Gasteiger partial charge in [0.1, 0.15) is 11.6 Å². The quantitative estimate of drug-likeness (QED) is 0.485. The van der Waals surface area contributed by atoms with E-state index in [9.17, 15) is 10.1 Å². The molecule has 0 N–H and O–H groups in total. The monoisotopic (exact) mass is 392 g/mol. The summed E-state index contributed by atoms with van der Waals surface area (Å²) in [7, 11) is 1.68. The average molecular weight is 392 g/mol. The molecule has 0 amide bonds. The second-order valence-electron chi connectivity index (χ2n) is 7.27. The van der Waals surface area contributed by atoms with E-state index in [1.54, 1.807) is 19.2 Å². The number of hydrogen-bond donors (Lipinski definition) is 0. The Morgan fingerprint density at radius 3 is 2.62 bits per heavy atom. The highest BCUT2D eigenvalue weighted by molar-refractivity contribution is 5.82. The van der Waals surface area contributed by atoms with Crippen LogP contribution < -0.4 is 9.64 Å². The number of nitrogens with zero attached hydrogens (tertiary/aromatic N) is 4. The lowest BCUT2D eigenvalue weighted by molar-refractivity contribution is -0.384. The number of hydrogen-bond acceptors (Lipinski definition) is 6. The highest BCUT2D eigenvalue weighted by Gasteiger charge is 2.17. The molecule has 150 valence electrons. The molecule has 0 aliphatic carbocycles. The van der Waals surface area contributed by atoms with Crippen LogP contribution in [-0.2, 0) is 6.54 Å². The largest absolute Gasteiger partial charge is 0.497 e. The number of aromatic nitrogens is 1. The molecule has 0 unspecified atom stereocenters. The Bertz CT molecular complexity index is 1010. The summed E-state index contributed by atoms with van der Waals surface area (Å²) in [5, 5.41) is 11.7. The van der Waals surface area contributed by atoms with Gasteiger partial charge in [0, 0.05) is 50.2 Å². The topological polar surface area (TPSA) is 71.7 Å². The fraction of sp³-hybridized carbons (Fsp3) is 0.318. The molecule has 7 nitrogen and oxygen atoms in total. The molecule has 0 radical (unpaired) electrons. The maximum atomic E-state index is 11.0. The number of benzene rings is 2. The highest BCUT2D eigenvalue weighted by atomic mass is 16.6. The van der Waals surface area contributed by atoms with Gasteiger partial charge in [-0.25, -0.2) is 4.98 Å². The molecular formula is C22H24N4O3. The third-order valence-corrected chi connectivity index (χ3v) is 5.35. The Morgan fingerprint density at radius 1 is 1.03 bits per heavy atom. The normalized spacial score (nSPS) is 15.3. The lowest BCUT2D eigenvalue weighted by atomic mass is 10.2. The summed E-state index contributed by atoms with van der Waals surface area (Å²) in [4.78, 5) is 20.1.